The monoisotopic (exact) mass is 352 g/mol. The standard InChI is InChI=1S/C21H28N4O/c1-15-22-19(12-21(26)23-15)18-6-4-10-25(14-18)13-16-7-8-20-17(11-16)5-3-9-24(20)2/h7-8,11-12,18H,3-6,9-10,13-14H2,1-2H3,(H,22,23,26). The number of nitrogens with one attached hydrogen (secondary N) is 1. The van der Waals surface area contributed by atoms with Crippen LogP contribution >= 0.6 is 0 Å². The summed E-state index contributed by atoms with van der Waals surface area (Å²) in [5.74, 6) is 1.07. The van der Waals surface area contributed by atoms with Gasteiger partial charge >= 0.3 is 0 Å². The van der Waals surface area contributed by atoms with Crippen LogP contribution in [0.15, 0.2) is 29.1 Å². The second-order valence-corrected chi connectivity index (χ2v) is 7.82. The molecular formula is C21H28N4O. The van der Waals surface area contributed by atoms with Crippen LogP contribution in [0.2, 0.25) is 0 Å². The van der Waals surface area contributed by atoms with E-state index < -0.39 is 0 Å². The van der Waals surface area contributed by atoms with Crippen LogP contribution in [-0.4, -0.2) is 41.5 Å². The lowest BCUT2D eigenvalue weighted by Gasteiger charge is -2.33. The van der Waals surface area contributed by atoms with E-state index in [-0.39, 0.29) is 5.56 Å². The van der Waals surface area contributed by atoms with E-state index in [1.54, 1.807) is 6.07 Å². The minimum atomic E-state index is -0.0385. The van der Waals surface area contributed by atoms with Crippen molar-refractivity contribution >= 4 is 5.69 Å². The first kappa shape index (κ1) is 17.3. The van der Waals surface area contributed by atoms with E-state index in [9.17, 15) is 4.79 Å². The highest BCUT2D eigenvalue weighted by molar-refractivity contribution is 5.56. The van der Waals surface area contributed by atoms with E-state index >= 15 is 0 Å². The molecule has 3 heterocycles. The predicted octanol–water partition coefficient (Wildman–Crippen LogP) is 2.84. The van der Waals surface area contributed by atoms with Gasteiger partial charge in [-0.3, -0.25) is 9.69 Å². The molecule has 1 N–H and O–H groups in total. The molecule has 2 aliphatic heterocycles. The molecule has 5 heteroatoms. The first-order valence-electron chi connectivity index (χ1n) is 9.71. The van der Waals surface area contributed by atoms with Gasteiger partial charge in [-0.1, -0.05) is 12.1 Å². The number of H-pyrrole nitrogens is 1. The summed E-state index contributed by atoms with van der Waals surface area (Å²) < 4.78 is 0. The van der Waals surface area contributed by atoms with Gasteiger partial charge in [-0.05, 0) is 56.3 Å². The molecule has 0 spiro atoms. The molecule has 138 valence electrons. The van der Waals surface area contributed by atoms with E-state index in [1.807, 2.05) is 6.92 Å². The molecule has 0 radical (unpaired) electrons. The number of hydrogen-bond donors (Lipinski definition) is 1. The number of fused-ring (bicyclic) bond motifs is 1. The number of piperidine rings is 1. The van der Waals surface area contributed by atoms with Gasteiger partial charge in [-0.15, -0.1) is 0 Å². The van der Waals surface area contributed by atoms with Crippen molar-refractivity contribution in [2.45, 2.75) is 45.1 Å². The van der Waals surface area contributed by atoms with Gasteiger partial charge in [-0.25, -0.2) is 4.98 Å². The van der Waals surface area contributed by atoms with Crippen molar-refractivity contribution < 1.29 is 0 Å². The van der Waals surface area contributed by atoms with Gasteiger partial charge in [0.05, 0.1) is 5.69 Å². The van der Waals surface area contributed by atoms with Crippen LogP contribution in [0.3, 0.4) is 0 Å². The van der Waals surface area contributed by atoms with E-state index in [0.29, 0.717) is 11.7 Å². The topological polar surface area (TPSA) is 52.2 Å². The van der Waals surface area contributed by atoms with Crippen molar-refractivity contribution in [3.8, 4) is 0 Å². The van der Waals surface area contributed by atoms with Crippen molar-refractivity contribution in [2.75, 3.05) is 31.6 Å². The van der Waals surface area contributed by atoms with Crippen molar-refractivity contribution in [2.24, 2.45) is 0 Å². The number of nitrogens with zero attached hydrogens (tertiary/aromatic N) is 3. The molecule has 0 amide bonds. The van der Waals surface area contributed by atoms with Gasteiger partial charge in [-0.2, -0.15) is 0 Å². The molecule has 2 aliphatic rings. The maximum atomic E-state index is 11.8. The summed E-state index contributed by atoms with van der Waals surface area (Å²) in [7, 11) is 2.18. The summed E-state index contributed by atoms with van der Waals surface area (Å²) in [5, 5.41) is 0. The predicted molar refractivity (Wildman–Crippen MR) is 105 cm³/mol. The fourth-order valence-electron chi connectivity index (χ4n) is 4.45. The Morgan fingerprint density at radius 3 is 2.96 bits per heavy atom. The minimum absolute atomic E-state index is 0.0385. The molecule has 1 aromatic carbocycles. The molecule has 4 rings (SSSR count). The molecule has 2 aromatic rings. The number of likely N-dealkylation sites (tertiary alicyclic amines) is 1. The van der Waals surface area contributed by atoms with Gasteiger partial charge in [0.25, 0.3) is 5.56 Å². The highest BCUT2D eigenvalue weighted by atomic mass is 16.1. The Bertz CT molecular complexity index is 844. The SMILES string of the molecule is Cc1nc(C2CCCN(Cc3ccc4c(c3)CCCN4C)C2)cc(=O)[nH]1. The molecule has 1 unspecified atom stereocenters. The summed E-state index contributed by atoms with van der Waals surface area (Å²) in [4.78, 5) is 24.0. The molecule has 1 fully saturated rings. The summed E-state index contributed by atoms with van der Waals surface area (Å²) >= 11 is 0. The van der Waals surface area contributed by atoms with Gasteiger partial charge in [0.2, 0.25) is 0 Å². The number of anilines is 1. The second kappa shape index (κ2) is 7.23. The molecule has 0 saturated carbocycles. The Hall–Kier alpha value is -2.14. The zero-order valence-electron chi connectivity index (χ0n) is 15.8. The van der Waals surface area contributed by atoms with Gasteiger partial charge in [0.1, 0.15) is 5.82 Å². The Morgan fingerprint density at radius 1 is 1.23 bits per heavy atom. The quantitative estimate of drug-likeness (QED) is 0.923. The Balaban J connectivity index is 1.48. The third-order valence-corrected chi connectivity index (χ3v) is 5.70. The van der Waals surface area contributed by atoms with Crippen molar-refractivity contribution in [3.05, 3.63) is 57.3 Å². The number of aromatic nitrogens is 2. The number of aryl methyl sites for hydroxylation is 2. The van der Waals surface area contributed by atoms with Crippen LogP contribution in [0, 0.1) is 6.92 Å². The maximum absolute atomic E-state index is 11.8. The Morgan fingerprint density at radius 2 is 2.12 bits per heavy atom. The van der Waals surface area contributed by atoms with Crippen LogP contribution in [0.4, 0.5) is 5.69 Å². The minimum Gasteiger partial charge on any atom is -0.374 e. The zero-order valence-corrected chi connectivity index (χ0v) is 15.8. The fourth-order valence-corrected chi connectivity index (χ4v) is 4.45. The van der Waals surface area contributed by atoms with Crippen molar-refractivity contribution in [1.82, 2.24) is 14.9 Å². The maximum Gasteiger partial charge on any atom is 0.251 e. The lowest BCUT2D eigenvalue weighted by molar-refractivity contribution is 0.198. The summed E-state index contributed by atoms with van der Waals surface area (Å²) in [6.07, 6.45) is 4.70. The third-order valence-electron chi connectivity index (χ3n) is 5.70. The average Bonchev–Trinajstić information content (AvgIpc) is 2.61. The van der Waals surface area contributed by atoms with Crippen LogP contribution in [-0.2, 0) is 13.0 Å². The molecule has 0 bridgehead atoms. The van der Waals surface area contributed by atoms with E-state index in [0.717, 1.165) is 44.7 Å². The van der Waals surface area contributed by atoms with E-state index in [4.69, 9.17) is 0 Å². The molecule has 0 aliphatic carbocycles. The lowest BCUT2D eigenvalue weighted by atomic mass is 9.93. The van der Waals surface area contributed by atoms with Crippen LogP contribution in [0.1, 0.15) is 47.8 Å². The van der Waals surface area contributed by atoms with Crippen molar-refractivity contribution in [1.29, 1.82) is 0 Å². The highest BCUT2D eigenvalue weighted by Crippen LogP contribution is 2.29. The van der Waals surface area contributed by atoms with Gasteiger partial charge < -0.3 is 9.88 Å². The van der Waals surface area contributed by atoms with Gasteiger partial charge in [0, 0.05) is 44.4 Å². The van der Waals surface area contributed by atoms with Crippen molar-refractivity contribution in [3.63, 3.8) is 0 Å². The zero-order chi connectivity index (χ0) is 18.1. The molecule has 1 saturated heterocycles. The van der Waals surface area contributed by atoms with Gasteiger partial charge in [0.15, 0.2) is 0 Å². The van der Waals surface area contributed by atoms with Crippen LogP contribution in [0.5, 0.6) is 0 Å². The van der Waals surface area contributed by atoms with E-state index in [2.05, 4.69) is 45.0 Å². The molecule has 26 heavy (non-hydrogen) atoms. The molecule has 5 nitrogen and oxygen atoms in total. The summed E-state index contributed by atoms with van der Waals surface area (Å²) in [6.45, 7) is 6.09. The fraction of sp³-hybridized carbons (Fsp3) is 0.524. The smallest absolute Gasteiger partial charge is 0.251 e. The molecule has 1 aromatic heterocycles. The Labute approximate surface area is 155 Å². The first-order valence-corrected chi connectivity index (χ1v) is 9.71. The summed E-state index contributed by atoms with van der Waals surface area (Å²) in [5.41, 5.74) is 5.18. The normalized spacial score (nSPS) is 20.8. The van der Waals surface area contributed by atoms with Crippen LogP contribution < -0.4 is 10.5 Å². The van der Waals surface area contributed by atoms with E-state index in [1.165, 1.54) is 29.7 Å². The number of rotatable bonds is 3. The van der Waals surface area contributed by atoms with Crippen LogP contribution in [0.25, 0.3) is 0 Å². The summed E-state index contributed by atoms with van der Waals surface area (Å²) in [6, 6.07) is 8.63. The number of aromatic amines is 1. The Kier molecular flexibility index (Phi) is 4.81. The average molecular weight is 352 g/mol. The first-order chi connectivity index (χ1) is 12.6. The molecular weight excluding hydrogens is 324 g/mol. The third kappa shape index (κ3) is 3.68. The second-order valence-electron chi connectivity index (χ2n) is 7.82. The lowest BCUT2D eigenvalue weighted by Crippen LogP contribution is -2.34. The number of benzene rings is 1. The number of hydrogen-bond acceptors (Lipinski definition) is 4. The molecule has 1 atom stereocenters. The largest absolute Gasteiger partial charge is 0.374 e. The highest BCUT2D eigenvalue weighted by Gasteiger charge is 2.23.